The molecule has 0 heterocycles. The maximum Gasteiger partial charge on any atom is 0.0388 e. The van der Waals surface area contributed by atoms with E-state index in [0.717, 1.165) is 27.2 Å². The quantitative estimate of drug-likeness (QED) is 0.671. The highest BCUT2D eigenvalue weighted by Gasteiger charge is 2.15. The molecule has 23 heavy (non-hydrogen) atoms. The van der Waals surface area contributed by atoms with Crippen LogP contribution in [0.15, 0.2) is 54.7 Å². The Bertz CT molecular complexity index is 1020. The molecule has 0 aliphatic heterocycles. The lowest BCUT2D eigenvalue weighted by Crippen LogP contribution is -2.23. The first-order valence-electron chi connectivity index (χ1n) is 7.88. The SMILES string of the molecule is C=C(Nc1ccc2c(c1)c(=C)c(=C)c1ccccc12)C(C)(C)C. The summed E-state index contributed by atoms with van der Waals surface area (Å²) in [6.45, 7) is 19.1. The summed E-state index contributed by atoms with van der Waals surface area (Å²) in [7, 11) is 0. The molecule has 3 aromatic rings. The zero-order chi connectivity index (χ0) is 16.8. The molecule has 0 radical (unpaired) electrons. The first kappa shape index (κ1) is 15.4. The van der Waals surface area contributed by atoms with Crippen LogP contribution in [0.1, 0.15) is 20.8 Å². The Balaban J connectivity index is 2.23. The van der Waals surface area contributed by atoms with Crippen molar-refractivity contribution in [2.24, 2.45) is 5.41 Å². The van der Waals surface area contributed by atoms with Crippen LogP contribution in [0.25, 0.3) is 34.7 Å². The molecule has 0 saturated heterocycles. The van der Waals surface area contributed by atoms with E-state index in [2.05, 4.69) is 82.2 Å². The number of allylic oxidation sites excluding steroid dienone is 1. The van der Waals surface area contributed by atoms with Gasteiger partial charge in [-0.3, -0.25) is 0 Å². The van der Waals surface area contributed by atoms with Crippen LogP contribution in [-0.2, 0) is 0 Å². The summed E-state index contributed by atoms with van der Waals surface area (Å²) >= 11 is 0. The molecule has 1 N–H and O–H groups in total. The largest absolute Gasteiger partial charge is 0.359 e. The van der Waals surface area contributed by atoms with E-state index in [-0.39, 0.29) is 5.41 Å². The zero-order valence-corrected chi connectivity index (χ0v) is 14.2. The Kier molecular flexibility index (Phi) is 3.52. The third kappa shape index (κ3) is 2.63. The average Bonchev–Trinajstić information content (AvgIpc) is 2.51. The fraction of sp³-hybridized carbons (Fsp3) is 0.182. The minimum absolute atomic E-state index is 0.0170. The molecule has 3 rings (SSSR count). The van der Waals surface area contributed by atoms with Crippen molar-refractivity contribution >= 4 is 40.4 Å². The van der Waals surface area contributed by atoms with E-state index in [1.165, 1.54) is 16.2 Å². The molecular weight excluding hydrogens is 278 g/mol. The van der Waals surface area contributed by atoms with E-state index >= 15 is 0 Å². The molecule has 0 amide bonds. The minimum atomic E-state index is 0.0170. The molecule has 0 aromatic heterocycles. The summed E-state index contributed by atoms with van der Waals surface area (Å²) < 4.78 is 0. The second-order valence-electron chi connectivity index (χ2n) is 7.12. The highest BCUT2D eigenvalue weighted by Crippen LogP contribution is 2.28. The maximum atomic E-state index is 4.25. The van der Waals surface area contributed by atoms with Crippen molar-refractivity contribution in [3.05, 3.63) is 65.2 Å². The summed E-state index contributed by atoms with van der Waals surface area (Å²) in [5.41, 5.74) is 2.05. The van der Waals surface area contributed by atoms with Crippen molar-refractivity contribution in [2.45, 2.75) is 20.8 Å². The molecule has 3 aromatic carbocycles. The molecule has 0 unspecified atom stereocenters. The Hall–Kier alpha value is -2.54. The van der Waals surface area contributed by atoms with Crippen molar-refractivity contribution in [1.29, 1.82) is 0 Å². The molecule has 0 aliphatic rings. The van der Waals surface area contributed by atoms with Crippen LogP contribution in [0.4, 0.5) is 5.69 Å². The van der Waals surface area contributed by atoms with Gasteiger partial charge < -0.3 is 5.32 Å². The molecule has 1 heteroatoms. The third-order valence-electron chi connectivity index (χ3n) is 4.45. The van der Waals surface area contributed by atoms with E-state index in [0.29, 0.717) is 0 Å². The number of hydrogen-bond donors (Lipinski definition) is 1. The topological polar surface area (TPSA) is 12.0 Å². The molecular formula is C22H23N. The number of anilines is 1. The van der Waals surface area contributed by atoms with Crippen LogP contribution < -0.4 is 15.8 Å². The zero-order valence-electron chi connectivity index (χ0n) is 14.2. The molecule has 0 atom stereocenters. The van der Waals surface area contributed by atoms with Crippen molar-refractivity contribution < 1.29 is 0 Å². The van der Waals surface area contributed by atoms with Crippen LogP contribution in [-0.4, -0.2) is 0 Å². The monoisotopic (exact) mass is 301 g/mol. The lowest BCUT2D eigenvalue weighted by molar-refractivity contribution is 0.510. The van der Waals surface area contributed by atoms with Gasteiger partial charge in [0.25, 0.3) is 0 Å². The summed E-state index contributed by atoms with van der Waals surface area (Å²) in [4.78, 5) is 0. The first-order valence-corrected chi connectivity index (χ1v) is 7.88. The molecule has 0 saturated carbocycles. The van der Waals surface area contributed by atoms with Crippen LogP contribution in [0, 0.1) is 5.41 Å². The molecule has 0 spiro atoms. The average molecular weight is 301 g/mol. The van der Waals surface area contributed by atoms with Gasteiger partial charge in [0.2, 0.25) is 0 Å². The van der Waals surface area contributed by atoms with Gasteiger partial charge in [0, 0.05) is 16.8 Å². The molecule has 0 bridgehead atoms. The second kappa shape index (κ2) is 5.27. The van der Waals surface area contributed by atoms with Gasteiger partial charge in [0.1, 0.15) is 0 Å². The van der Waals surface area contributed by atoms with E-state index in [1.54, 1.807) is 0 Å². The number of benzene rings is 3. The van der Waals surface area contributed by atoms with E-state index < -0.39 is 0 Å². The van der Waals surface area contributed by atoms with Crippen molar-refractivity contribution in [2.75, 3.05) is 5.32 Å². The van der Waals surface area contributed by atoms with Gasteiger partial charge in [0.05, 0.1) is 0 Å². The van der Waals surface area contributed by atoms with Crippen LogP contribution >= 0.6 is 0 Å². The Morgan fingerprint density at radius 1 is 0.826 bits per heavy atom. The van der Waals surface area contributed by atoms with Gasteiger partial charge in [-0.1, -0.05) is 70.8 Å². The maximum absolute atomic E-state index is 4.25. The lowest BCUT2D eigenvalue weighted by atomic mass is 9.92. The number of rotatable bonds is 2. The van der Waals surface area contributed by atoms with Gasteiger partial charge in [-0.2, -0.15) is 0 Å². The second-order valence-corrected chi connectivity index (χ2v) is 7.12. The molecule has 0 aliphatic carbocycles. The summed E-state index contributed by atoms with van der Waals surface area (Å²) in [5.74, 6) is 0. The van der Waals surface area contributed by atoms with Crippen LogP contribution in [0.5, 0.6) is 0 Å². The van der Waals surface area contributed by atoms with Gasteiger partial charge in [0.15, 0.2) is 0 Å². The van der Waals surface area contributed by atoms with E-state index in [9.17, 15) is 0 Å². The van der Waals surface area contributed by atoms with Crippen molar-refractivity contribution in [1.82, 2.24) is 0 Å². The summed E-state index contributed by atoms with van der Waals surface area (Å²) in [6, 6.07) is 14.8. The summed E-state index contributed by atoms with van der Waals surface area (Å²) in [5, 5.41) is 10.2. The Morgan fingerprint density at radius 2 is 1.39 bits per heavy atom. The third-order valence-corrected chi connectivity index (χ3v) is 4.45. The number of fused-ring (bicyclic) bond motifs is 3. The van der Waals surface area contributed by atoms with Crippen molar-refractivity contribution in [3.63, 3.8) is 0 Å². The number of nitrogens with one attached hydrogen (secondary N) is 1. The highest BCUT2D eigenvalue weighted by molar-refractivity contribution is 6.08. The van der Waals surface area contributed by atoms with Gasteiger partial charge >= 0.3 is 0 Å². The van der Waals surface area contributed by atoms with Gasteiger partial charge in [-0.25, -0.2) is 0 Å². The number of hydrogen-bond acceptors (Lipinski definition) is 1. The Labute approximate surface area is 137 Å². The Morgan fingerprint density at radius 3 is 2.04 bits per heavy atom. The molecule has 1 nitrogen and oxygen atoms in total. The smallest absolute Gasteiger partial charge is 0.0388 e. The first-order chi connectivity index (χ1) is 10.8. The van der Waals surface area contributed by atoms with Crippen LogP contribution in [0.2, 0.25) is 0 Å². The fourth-order valence-electron chi connectivity index (χ4n) is 2.77. The lowest BCUT2D eigenvalue weighted by Gasteiger charge is -2.23. The highest BCUT2D eigenvalue weighted by atomic mass is 14.9. The standard InChI is InChI=1S/C22H23N/c1-14-15(2)21-13-17(23-16(3)22(4,5)6)11-12-20(21)19-10-8-7-9-18(14)19/h7-13,23H,1-3H2,4-6H3. The van der Waals surface area contributed by atoms with Crippen LogP contribution in [0.3, 0.4) is 0 Å². The normalized spacial score (nSPS) is 11.8. The van der Waals surface area contributed by atoms with E-state index in [1.807, 2.05) is 6.07 Å². The van der Waals surface area contributed by atoms with Gasteiger partial charge in [-0.05, 0) is 44.1 Å². The minimum Gasteiger partial charge on any atom is -0.359 e. The predicted molar refractivity (Wildman–Crippen MR) is 104 cm³/mol. The summed E-state index contributed by atoms with van der Waals surface area (Å²) in [6.07, 6.45) is 0. The van der Waals surface area contributed by atoms with Gasteiger partial charge in [-0.15, -0.1) is 0 Å². The molecule has 116 valence electrons. The van der Waals surface area contributed by atoms with Crippen molar-refractivity contribution in [3.8, 4) is 0 Å². The van der Waals surface area contributed by atoms with E-state index in [4.69, 9.17) is 0 Å². The molecule has 0 fully saturated rings. The fourth-order valence-corrected chi connectivity index (χ4v) is 2.77. The predicted octanol–water partition coefficient (Wildman–Crippen LogP) is 4.79.